The summed E-state index contributed by atoms with van der Waals surface area (Å²) < 4.78 is 2.14. The Morgan fingerprint density at radius 3 is 3.00 bits per heavy atom. The lowest BCUT2D eigenvalue weighted by Gasteiger charge is -2.30. The average molecular weight is 230 g/mol. The average Bonchev–Trinajstić information content (AvgIpc) is 2.66. The number of nitrogen functional groups attached to an aromatic ring is 1. The van der Waals surface area contributed by atoms with Gasteiger partial charge in [0.05, 0.1) is 0 Å². The van der Waals surface area contributed by atoms with Gasteiger partial charge in [-0.25, -0.2) is 9.97 Å². The quantitative estimate of drug-likeness (QED) is 0.819. The molecular weight excluding hydrogens is 212 g/mol. The maximum Gasteiger partial charge on any atom is 0.202 e. The third-order valence-electron chi connectivity index (χ3n) is 3.87. The number of anilines is 1. The zero-order valence-electron chi connectivity index (χ0n) is 10.1. The third-order valence-corrected chi connectivity index (χ3v) is 3.87. The first-order chi connectivity index (χ1) is 8.27. The molecule has 2 heterocycles. The van der Waals surface area contributed by atoms with Crippen molar-refractivity contribution < 1.29 is 0 Å². The normalized spacial score (nSPS) is 25.2. The zero-order valence-corrected chi connectivity index (χ0v) is 10.1. The van der Waals surface area contributed by atoms with Crippen molar-refractivity contribution in [1.29, 1.82) is 0 Å². The van der Waals surface area contributed by atoms with E-state index in [-0.39, 0.29) is 0 Å². The molecule has 4 nitrogen and oxygen atoms in total. The van der Waals surface area contributed by atoms with E-state index in [1.54, 1.807) is 0 Å². The van der Waals surface area contributed by atoms with Crippen LogP contribution >= 0.6 is 0 Å². The van der Waals surface area contributed by atoms with Crippen LogP contribution in [0.4, 0.5) is 5.95 Å². The predicted molar refractivity (Wildman–Crippen MR) is 68.6 cm³/mol. The molecule has 1 saturated carbocycles. The van der Waals surface area contributed by atoms with Gasteiger partial charge in [-0.1, -0.05) is 19.8 Å². The number of nitrogens with two attached hydrogens (primary N) is 1. The second kappa shape index (κ2) is 4.02. The Balaban J connectivity index is 2.12. The maximum absolute atomic E-state index is 6.06. The molecule has 0 saturated heterocycles. The predicted octanol–water partition coefficient (Wildman–Crippen LogP) is 2.76. The molecule has 0 bridgehead atoms. The maximum atomic E-state index is 6.06. The van der Waals surface area contributed by atoms with E-state index < -0.39 is 0 Å². The minimum absolute atomic E-state index is 0.462. The summed E-state index contributed by atoms with van der Waals surface area (Å²) in [6.45, 7) is 2.30. The summed E-state index contributed by atoms with van der Waals surface area (Å²) >= 11 is 0. The molecule has 0 amide bonds. The van der Waals surface area contributed by atoms with Gasteiger partial charge in [0.2, 0.25) is 5.95 Å². The van der Waals surface area contributed by atoms with E-state index in [9.17, 15) is 0 Å². The highest BCUT2D eigenvalue weighted by Gasteiger charge is 2.26. The number of imidazole rings is 1. The number of hydrogen-bond acceptors (Lipinski definition) is 3. The van der Waals surface area contributed by atoms with Crippen molar-refractivity contribution in [2.24, 2.45) is 5.92 Å². The fraction of sp³-hybridized carbons (Fsp3) is 0.538. The molecule has 90 valence electrons. The lowest BCUT2D eigenvalue weighted by atomic mass is 9.86. The summed E-state index contributed by atoms with van der Waals surface area (Å²) in [6, 6.07) is 4.34. The van der Waals surface area contributed by atoms with Crippen LogP contribution < -0.4 is 5.73 Å². The van der Waals surface area contributed by atoms with Gasteiger partial charge in [0.15, 0.2) is 5.65 Å². The second-order valence-corrected chi connectivity index (χ2v) is 5.02. The van der Waals surface area contributed by atoms with Gasteiger partial charge in [-0.05, 0) is 30.9 Å². The minimum atomic E-state index is 0.462. The van der Waals surface area contributed by atoms with Gasteiger partial charge in [-0.3, -0.25) is 4.57 Å². The Morgan fingerprint density at radius 1 is 1.35 bits per heavy atom. The SMILES string of the molecule is CC1CCCCC1n1c(N)nc2cccnc21. The summed E-state index contributed by atoms with van der Waals surface area (Å²) in [6.07, 6.45) is 6.88. The van der Waals surface area contributed by atoms with E-state index in [2.05, 4.69) is 21.5 Å². The van der Waals surface area contributed by atoms with Crippen molar-refractivity contribution in [3.8, 4) is 0 Å². The standard InChI is InChI=1S/C13H18N4/c1-9-5-2-3-7-11(9)17-12-10(16-13(17)14)6-4-8-15-12/h4,6,8-9,11H,2-3,5,7H2,1H3,(H2,14,16). The first-order valence-corrected chi connectivity index (χ1v) is 6.36. The third kappa shape index (κ3) is 1.68. The summed E-state index contributed by atoms with van der Waals surface area (Å²) in [5.41, 5.74) is 7.90. The molecule has 1 fully saturated rings. The number of hydrogen-bond donors (Lipinski definition) is 1. The monoisotopic (exact) mass is 230 g/mol. The molecule has 2 aromatic rings. The largest absolute Gasteiger partial charge is 0.369 e. The van der Waals surface area contributed by atoms with E-state index in [0.29, 0.717) is 17.9 Å². The smallest absolute Gasteiger partial charge is 0.202 e. The number of aromatic nitrogens is 3. The fourth-order valence-corrected chi connectivity index (χ4v) is 2.95. The summed E-state index contributed by atoms with van der Waals surface area (Å²) in [5, 5.41) is 0. The van der Waals surface area contributed by atoms with Crippen molar-refractivity contribution in [3.05, 3.63) is 18.3 Å². The van der Waals surface area contributed by atoms with Gasteiger partial charge >= 0.3 is 0 Å². The molecule has 0 aromatic carbocycles. The van der Waals surface area contributed by atoms with Crippen LogP contribution in [0.25, 0.3) is 11.2 Å². The number of nitrogens with zero attached hydrogens (tertiary/aromatic N) is 3. The van der Waals surface area contributed by atoms with Crippen molar-refractivity contribution in [3.63, 3.8) is 0 Å². The van der Waals surface area contributed by atoms with Crippen LogP contribution in [0, 0.1) is 5.92 Å². The summed E-state index contributed by atoms with van der Waals surface area (Å²) in [4.78, 5) is 8.83. The zero-order chi connectivity index (χ0) is 11.8. The van der Waals surface area contributed by atoms with Crippen LogP contribution in [0.3, 0.4) is 0 Å². The van der Waals surface area contributed by atoms with Crippen LogP contribution in [0.5, 0.6) is 0 Å². The highest BCUT2D eigenvalue weighted by molar-refractivity contribution is 5.74. The van der Waals surface area contributed by atoms with Gasteiger partial charge in [0.1, 0.15) is 5.52 Å². The topological polar surface area (TPSA) is 56.7 Å². The lowest BCUT2D eigenvalue weighted by Crippen LogP contribution is -2.22. The molecule has 4 heteroatoms. The number of rotatable bonds is 1. The molecule has 1 aliphatic rings. The fourth-order valence-electron chi connectivity index (χ4n) is 2.95. The second-order valence-electron chi connectivity index (χ2n) is 5.02. The number of fused-ring (bicyclic) bond motifs is 1. The Kier molecular flexibility index (Phi) is 2.50. The Morgan fingerprint density at radius 2 is 2.18 bits per heavy atom. The van der Waals surface area contributed by atoms with E-state index >= 15 is 0 Å². The molecule has 0 aliphatic heterocycles. The molecule has 17 heavy (non-hydrogen) atoms. The molecule has 0 radical (unpaired) electrons. The molecular formula is C13H18N4. The van der Waals surface area contributed by atoms with Crippen LogP contribution in [0.15, 0.2) is 18.3 Å². The Hall–Kier alpha value is -1.58. The first-order valence-electron chi connectivity index (χ1n) is 6.36. The van der Waals surface area contributed by atoms with Crippen LogP contribution in [0.2, 0.25) is 0 Å². The van der Waals surface area contributed by atoms with Crippen LogP contribution in [-0.4, -0.2) is 14.5 Å². The highest BCUT2D eigenvalue weighted by atomic mass is 15.2. The first kappa shape index (κ1) is 10.6. The molecule has 2 unspecified atom stereocenters. The molecule has 2 N–H and O–H groups in total. The van der Waals surface area contributed by atoms with Crippen molar-refractivity contribution in [1.82, 2.24) is 14.5 Å². The minimum Gasteiger partial charge on any atom is -0.369 e. The van der Waals surface area contributed by atoms with Gasteiger partial charge in [-0.2, -0.15) is 0 Å². The molecule has 2 aromatic heterocycles. The van der Waals surface area contributed by atoms with Crippen molar-refractivity contribution in [2.75, 3.05) is 5.73 Å². The van der Waals surface area contributed by atoms with E-state index in [0.717, 1.165) is 11.2 Å². The summed E-state index contributed by atoms with van der Waals surface area (Å²) in [5.74, 6) is 1.27. The van der Waals surface area contributed by atoms with Crippen molar-refractivity contribution >= 4 is 17.1 Å². The summed E-state index contributed by atoms with van der Waals surface area (Å²) in [7, 11) is 0. The van der Waals surface area contributed by atoms with Crippen LogP contribution in [-0.2, 0) is 0 Å². The molecule has 1 aliphatic carbocycles. The van der Waals surface area contributed by atoms with Crippen molar-refractivity contribution in [2.45, 2.75) is 38.6 Å². The number of pyridine rings is 1. The van der Waals surface area contributed by atoms with Gasteiger partial charge < -0.3 is 5.73 Å². The van der Waals surface area contributed by atoms with Gasteiger partial charge in [-0.15, -0.1) is 0 Å². The van der Waals surface area contributed by atoms with Gasteiger partial charge in [0.25, 0.3) is 0 Å². The molecule has 0 spiro atoms. The van der Waals surface area contributed by atoms with E-state index in [1.165, 1.54) is 25.7 Å². The van der Waals surface area contributed by atoms with E-state index in [1.807, 2.05) is 18.3 Å². The molecule has 3 rings (SSSR count). The highest BCUT2D eigenvalue weighted by Crippen LogP contribution is 2.36. The van der Waals surface area contributed by atoms with Gasteiger partial charge in [0, 0.05) is 12.2 Å². The lowest BCUT2D eigenvalue weighted by molar-refractivity contribution is 0.264. The molecule has 2 atom stereocenters. The Labute approximate surface area is 101 Å². The van der Waals surface area contributed by atoms with Crippen LogP contribution in [0.1, 0.15) is 38.6 Å². The Bertz CT molecular complexity index is 531. The van der Waals surface area contributed by atoms with E-state index in [4.69, 9.17) is 5.73 Å².